The minimum atomic E-state index is -0.409. The predicted molar refractivity (Wildman–Crippen MR) is 153 cm³/mol. The Bertz CT molecular complexity index is 1190. The number of carbonyl (C=O) groups is 1. The molecule has 6 heteroatoms. The fourth-order valence-corrected chi connectivity index (χ4v) is 5.18. The van der Waals surface area contributed by atoms with Crippen molar-refractivity contribution >= 4 is 11.6 Å². The lowest BCUT2D eigenvalue weighted by molar-refractivity contribution is -0.118. The van der Waals surface area contributed by atoms with E-state index in [1.165, 1.54) is 23.8 Å². The molecule has 1 amide bonds. The van der Waals surface area contributed by atoms with Gasteiger partial charge >= 0.3 is 0 Å². The van der Waals surface area contributed by atoms with Crippen LogP contribution in [0.15, 0.2) is 72.8 Å². The largest absolute Gasteiger partial charge is 0.486 e. The molecule has 3 aromatic carbocycles. The Balaban J connectivity index is 1.21. The van der Waals surface area contributed by atoms with Gasteiger partial charge < -0.3 is 15.0 Å². The minimum Gasteiger partial charge on any atom is -0.486 e. The number of rotatable bonds is 12. The van der Waals surface area contributed by atoms with Crippen molar-refractivity contribution in [1.82, 2.24) is 4.90 Å². The van der Waals surface area contributed by atoms with Crippen molar-refractivity contribution in [1.29, 1.82) is 0 Å². The quantitative estimate of drug-likeness (QED) is 0.239. The normalized spacial score (nSPS) is 15.3. The third-order valence-electron chi connectivity index (χ3n) is 7.52. The highest BCUT2D eigenvalue weighted by atomic mass is 19.1. The molecule has 1 saturated heterocycles. The average Bonchev–Trinajstić information content (AvgIpc) is 2.94. The fraction of sp³-hybridized carbons (Fsp3) is 0.424. The molecule has 4 nitrogen and oxygen atoms in total. The van der Waals surface area contributed by atoms with Gasteiger partial charge in [-0.25, -0.2) is 8.78 Å². The Kier molecular flexibility index (Phi) is 10.5. The first kappa shape index (κ1) is 28.8. The third-order valence-corrected chi connectivity index (χ3v) is 7.52. The van der Waals surface area contributed by atoms with Crippen molar-refractivity contribution in [3.63, 3.8) is 0 Å². The maximum absolute atomic E-state index is 14.5. The van der Waals surface area contributed by atoms with Crippen LogP contribution in [0.4, 0.5) is 14.5 Å². The zero-order valence-electron chi connectivity index (χ0n) is 23.0. The molecule has 1 aliphatic rings. The number of likely N-dealkylation sites (tertiary alicyclic amines) is 1. The van der Waals surface area contributed by atoms with Gasteiger partial charge in [0.1, 0.15) is 23.5 Å². The van der Waals surface area contributed by atoms with Crippen LogP contribution in [0.1, 0.15) is 75.5 Å². The molecule has 1 unspecified atom stereocenters. The van der Waals surface area contributed by atoms with E-state index in [2.05, 4.69) is 22.3 Å². The molecule has 1 N–H and O–H groups in total. The molecule has 1 atom stereocenters. The summed E-state index contributed by atoms with van der Waals surface area (Å²) in [5.41, 5.74) is 2.72. The lowest BCUT2D eigenvalue weighted by atomic mass is 9.89. The van der Waals surface area contributed by atoms with Crippen molar-refractivity contribution in [2.24, 2.45) is 5.92 Å². The first-order valence-electron chi connectivity index (χ1n) is 14.2. The van der Waals surface area contributed by atoms with Crippen LogP contribution in [0.25, 0.3) is 0 Å². The van der Waals surface area contributed by atoms with Gasteiger partial charge in [-0.2, -0.15) is 0 Å². The average molecular weight is 535 g/mol. The van der Waals surface area contributed by atoms with Crippen LogP contribution < -0.4 is 10.1 Å². The van der Waals surface area contributed by atoms with Gasteiger partial charge in [0, 0.05) is 17.2 Å². The highest BCUT2D eigenvalue weighted by Crippen LogP contribution is 2.31. The summed E-state index contributed by atoms with van der Waals surface area (Å²) in [5, 5.41) is 3.01. The van der Waals surface area contributed by atoms with Gasteiger partial charge in [0.05, 0.1) is 0 Å². The zero-order valence-corrected chi connectivity index (χ0v) is 23.0. The topological polar surface area (TPSA) is 41.6 Å². The molecule has 3 aromatic rings. The van der Waals surface area contributed by atoms with Crippen LogP contribution in [0.5, 0.6) is 5.75 Å². The summed E-state index contributed by atoms with van der Waals surface area (Å²) in [6.45, 7) is 6.99. The Hall–Kier alpha value is -3.25. The van der Waals surface area contributed by atoms with E-state index in [0.717, 1.165) is 57.4 Å². The summed E-state index contributed by atoms with van der Waals surface area (Å²) in [4.78, 5) is 14.6. The van der Waals surface area contributed by atoms with Crippen LogP contribution in [-0.4, -0.2) is 30.4 Å². The highest BCUT2D eigenvalue weighted by Gasteiger charge is 2.21. The Morgan fingerprint density at radius 3 is 2.41 bits per heavy atom. The van der Waals surface area contributed by atoms with E-state index < -0.39 is 6.10 Å². The molecule has 0 radical (unpaired) electrons. The maximum Gasteiger partial charge on any atom is 0.226 e. The number of piperidine rings is 1. The van der Waals surface area contributed by atoms with Crippen molar-refractivity contribution in [2.45, 2.75) is 64.4 Å². The van der Waals surface area contributed by atoms with Crippen LogP contribution in [-0.2, 0) is 4.79 Å². The molecule has 0 bridgehead atoms. The second-order valence-electron chi connectivity index (χ2n) is 10.8. The number of carbonyl (C=O) groups excluding carboxylic acids is 1. The number of nitrogens with one attached hydrogen (secondary N) is 1. The second-order valence-corrected chi connectivity index (χ2v) is 10.8. The van der Waals surface area contributed by atoms with E-state index >= 15 is 0 Å². The summed E-state index contributed by atoms with van der Waals surface area (Å²) in [6, 6.07) is 20.9. The molecule has 39 heavy (non-hydrogen) atoms. The van der Waals surface area contributed by atoms with E-state index in [-0.39, 0.29) is 23.5 Å². The first-order valence-corrected chi connectivity index (χ1v) is 14.2. The van der Waals surface area contributed by atoms with Crippen LogP contribution in [0.3, 0.4) is 0 Å². The molecule has 4 rings (SSSR count). The van der Waals surface area contributed by atoms with Crippen LogP contribution >= 0.6 is 0 Å². The van der Waals surface area contributed by atoms with Crippen LogP contribution in [0, 0.1) is 17.6 Å². The van der Waals surface area contributed by atoms with Gasteiger partial charge in [-0.3, -0.25) is 4.79 Å². The molecule has 0 aliphatic carbocycles. The minimum absolute atomic E-state index is 0.0374. The third kappa shape index (κ3) is 8.62. The Labute approximate surface area is 231 Å². The molecule has 0 saturated carbocycles. The number of unbranched alkanes of at least 4 members (excludes halogenated alkanes) is 2. The van der Waals surface area contributed by atoms with Gasteiger partial charge in [0.2, 0.25) is 5.91 Å². The van der Waals surface area contributed by atoms with Gasteiger partial charge in [-0.1, -0.05) is 50.6 Å². The number of amides is 1. The number of nitrogens with zero attached hydrogens (tertiary/aromatic N) is 1. The number of anilines is 1. The van der Waals surface area contributed by atoms with E-state index in [1.54, 1.807) is 24.3 Å². The van der Waals surface area contributed by atoms with Crippen molar-refractivity contribution in [3.05, 3.63) is 95.6 Å². The van der Waals surface area contributed by atoms with E-state index in [1.807, 2.05) is 32.0 Å². The summed E-state index contributed by atoms with van der Waals surface area (Å²) in [5.74, 6) is 0.467. The summed E-state index contributed by atoms with van der Waals surface area (Å²) in [6.07, 6.45) is 5.56. The van der Waals surface area contributed by atoms with Crippen molar-refractivity contribution in [2.75, 3.05) is 25.0 Å². The predicted octanol–water partition coefficient (Wildman–Crippen LogP) is 8.12. The molecule has 208 valence electrons. The van der Waals surface area contributed by atoms with Gasteiger partial charge in [0.15, 0.2) is 0 Å². The molecule has 1 heterocycles. The second kappa shape index (κ2) is 14.2. The van der Waals surface area contributed by atoms with Crippen molar-refractivity contribution in [3.8, 4) is 5.75 Å². The fourth-order valence-electron chi connectivity index (χ4n) is 5.18. The molecule has 1 aliphatic heterocycles. The number of halogens is 2. The lowest BCUT2D eigenvalue weighted by Gasteiger charge is -2.32. The summed E-state index contributed by atoms with van der Waals surface area (Å²) >= 11 is 0. The molecule has 1 fully saturated rings. The summed E-state index contributed by atoms with van der Waals surface area (Å²) in [7, 11) is 0. The molecular formula is C33H40F2N2O2. The molecule has 0 aromatic heterocycles. The monoisotopic (exact) mass is 534 g/mol. The zero-order chi connectivity index (χ0) is 27.6. The van der Waals surface area contributed by atoms with E-state index in [4.69, 9.17) is 4.74 Å². The van der Waals surface area contributed by atoms with E-state index in [0.29, 0.717) is 23.7 Å². The van der Waals surface area contributed by atoms with Gasteiger partial charge in [-0.05, 0) is 106 Å². The van der Waals surface area contributed by atoms with Crippen molar-refractivity contribution < 1.29 is 18.3 Å². The number of ether oxygens (including phenoxy) is 1. The lowest BCUT2D eigenvalue weighted by Crippen LogP contribution is -2.33. The van der Waals surface area contributed by atoms with Crippen LogP contribution in [0.2, 0.25) is 0 Å². The Morgan fingerprint density at radius 1 is 0.949 bits per heavy atom. The van der Waals surface area contributed by atoms with Gasteiger partial charge in [0.25, 0.3) is 0 Å². The molecular weight excluding hydrogens is 494 g/mol. The first-order chi connectivity index (χ1) is 18.9. The number of hydrogen-bond donors (Lipinski definition) is 1. The number of hydrogen-bond acceptors (Lipinski definition) is 3. The SMILES string of the molecule is CC(C)C(=O)Nc1cccc(C2CCN(CCCCCC(Oc3ccc(F)cc3)c3ccccc3F)CC2)c1. The molecule has 0 spiro atoms. The standard InChI is InChI=1S/C33H40F2N2O2/c1-24(2)33(38)36-28-10-8-9-26(23-28)25-18-21-37(22-19-25)20-7-3-4-13-32(30-11-5-6-12-31(30)35)39-29-16-14-27(34)15-17-29/h5-6,8-12,14-17,23-25,32H,3-4,7,13,18-22H2,1-2H3,(H,36,38). The summed E-state index contributed by atoms with van der Waals surface area (Å²) < 4.78 is 33.9. The highest BCUT2D eigenvalue weighted by molar-refractivity contribution is 5.92. The smallest absolute Gasteiger partial charge is 0.226 e. The Morgan fingerprint density at radius 2 is 1.69 bits per heavy atom. The number of benzene rings is 3. The van der Waals surface area contributed by atoms with Gasteiger partial charge in [-0.15, -0.1) is 0 Å². The maximum atomic E-state index is 14.5. The van der Waals surface area contributed by atoms with E-state index in [9.17, 15) is 13.6 Å².